The molecule has 3 aliphatic rings. The minimum Gasteiger partial charge on any atom is -0.469 e. The molecule has 0 unspecified atom stereocenters. The maximum atomic E-state index is 6.86. The van der Waals surface area contributed by atoms with Crippen LogP contribution in [0.3, 0.4) is 0 Å². The highest BCUT2D eigenvalue weighted by Crippen LogP contribution is 2.49. The van der Waals surface area contributed by atoms with E-state index >= 15 is 0 Å². The molecule has 5 nitrogen and oxygen atoms in total. The van der Waals surface area contributed by atoms with E-state index in [2.05, 4.69) is 121 Å². The van der Waals surface area contributed by atoms with E-state index < -0.39 is 0 Å². The quantitative estimate of drug-likeness (QED) is 0.200. The molecule has 5 heteroatoms. The van der Waals surface area contributed by atoms with Crippen molar-refractivity contribution >= 4 is 27.7 Å². The topological polar surface area (TPSA) is 48.6 Å². The molecule has 0 spiro atoms. The van der Waals surface area contributed by atoms with Crippen molar-refractivity contribution in [1.82, 2.24) is 9.55 Å². The number of rotatable bonds is 4. The number of ether oxygens (including phenoxy) is 2. The molecule has 242 valence electrons. The predicted octanol–water partition coefficient (Wildman–Crippen LogP) is 10.8. The molecule has 2 atom stereocenters. The lowest BCUT2D eigenvalue weighted by atomic mass is 9.73. The Labute approximate surface area is 279 Å². The average molecular weight is 626 g/mol. The van der Waals surface area contributed by atoms with Gasteiger partial charge in [-0.3, -0.25) is 4.57 Å². The molecule has 1 aliphatic carbocycles. The van der Waals surface area contributed by atoms with Gasteiger partial charge in [-0.15, -0.1) is 0 Å². The molecule has 47 heavy (non-hydrogen) atoms. The Hall–Kier alpha value is -4.12. The number of nitrogens with zero attached hydrogens (tertiary/aromatic N) is 3. The number of aromatic nitrogens is 2. The van der Waals surface area contributed by atoms with E-state index in [1.165, 1.54) is 51.4 Å². The van der Waals surface area contributed by atoms with Crippen molar-refractivity contribution < 1.29 is 9.47 Å². The number of fused-ring (bicyclic) bond motifs is 6. The lowest BCUT2D eigenvalue weighted by Crippen LogP contribution is -2.39. The van der Waals surface area contributed by atoms with Crippen molar-refractivity contribution in [2.45, 2.75) is 116 Å². The van der Waals surface area contributed by atoms with Gasteiger partial charge in [-0.2, -0.15) is 0 Å². The van der Waals surface area contributed by atoms with Crippen molar-refractivity contribution in [1.29, 1.82) is 0 Å². The monoisotopic (exact) mass is 625 g/mol. The molecule has 0 saturated heterocycles. The first-order valence-electron chi connectivity index (χ1n) is 17.4. The van der Waals surface area contributed by atoms with Crippen LogP contribution in [0.15, 0.2) is 65.8 Å². The number of hydrogen-bond acceptors (Lipinski definition) is 4. The van der Waals surface area contributed by atoms with Crippen LogP contribution in [-0.2, 0) is 15.6 Å². The molecule has 2 aliphatic heterocycles. The van der Waals surface area contributed by atoms with E-state index in [4.69, 9.17) is 19.5 Å². The largest absolute Gasteiger partial charge is 0.469 e. The van der Waals surface area contributed by atoms with Crippen LogP contribution in [0.5, 0.6) is 11.5 Å². The minimum absolute atomic E-state index is 0.0180. The first-order chi connectivity index (χ1) is 22.2. The van der Waals surface area contributed by atoms with Crippen LogP contribution in [0, 0.1) is 6.92 Å². The number of benzene rings is 3. The zero-order valence-corrected chi connectivity index (χ0v) is 29.4. The molecule has 0 radical (unpaired) electrons. The highest BCUT2D eigenvalue weighted by atomic mass is 16.5. The van der Waals surface area contributed by atoms with Gasteiger partial charge in [-0.05, 0) is 103 Å². The summed E-state index contributed by atoms with van der Waals surface area (Å²) in [6.45, 7) is 20.4. The van der Waals surface area contributed by atoms with E-state index in [0.717, 1.165) is 52.7 Å². The van der Waals surface area contributed by atoms with Crippen molar-refractivity contribution in [3.63, 3.8) is 0 Å². The zero-order chi connectivity index (χ0) is 33.0. The second kappa shape index (κ2) is 10.2. The fourth-order valence-electron chi connectivity index (χ4n) is 8.12. The lowest BCUT2D eigenvalue weighted by Gasteiger charge is -2.35. The Kier molecular flexibility index (Phi) is 6.55. The molecule has 0 bridgehead atoms. The molecular weight excluding hydrogens is 578 g/mol. The maximum Gasteiger partial charge on any atom is 0.217 e. The fraction of sp³-hybridized carbons (Fsp3) is 0.429. The van der Waals surface area contributed by atoms with Crippen LogP contribution in [-0.4, -0.2) is 27.1 Å². The Bertz CT molecular complexity index is 2130. The van der Waals surface area contributed by atoms with Crippen LogP contribution < -0.4 is 4.74 Å². The van der Waals surface area contributed by atoms with Crippen LogP contribution >= 0.6 is 0 Å². The van der Waals surface area contributed by atoms with Gasteiger partial charge >= 0.3 is 0 Å². The summed E-state index contributed by atoms with van der Waals surface area (Å²) in [5, 5.41) is 2.50. The molecule has 8 rings (SSSR count). The summed E-state index contributed by atoms with van der Waals surface area (Å²) in [5.41, 5.74) is 9.24. The van der Waals surface area contributed by atoms with Crippen molar-refractivity contribution in [3.8, 4) is 17.3 Å². The van der Waals surface area contributed by atoms with E-state index in [1.807, 2.05) is 6.20 Å². The summed E-state index contributed by atoms with van der Waals surface area (Å²) in [6, 6.07) is 20.4. The summed E-state index contributed by atoms with van der Waals surface area (Å²) in [5.74, 6) is 3.75. The van der Waals surface area contributed by atoms with Gasteiger partial charge in [0.25, 0.3) is 0 Å². The summed E-state index contributed by atoms with van der Waals surface area (Å²) in [6.07, 6.45) is 6.48. The highest BCUT2D eigenvalue weighted by Gasteiger charge is 2.44. The third kappa shape index (κ3) is 4.63. The molecule has 5 aromatic rings. The second-order valence-electron chi connectivity index (χ2n) is 16.3. The molecule has 0 amide bonds. The Morgan fingerprint density at radius 1 is 0.957 bits per heavy atom. The normalized spacial score (nSPS) is 21.5. The summed E-state index contributed by atoms with van der Waals surface area (Å²) in [7, 11) is 0. The highest BCUT2D eigenvalue weighted by molar-refractivity contribution is 6.12. The number of aliphatic imine (C=N–C) groups is 1. The van der Waals surface area contributed by atoms with Gasteiger partial charge in [0.2, 0.25) is 5.90 Å². The fourth-order valence-corrected chi connectivity index (χ4v) is 8.12. The van der Waals surface area contributed by atoms with Gasteiger partial charge in [0.1, 0.15) is 22.9 Å². The third-order valence-corrected chi connectivity index (χ3v) is 11.1. The van der Waals surface area contributed by atoms with Crippen molar-refractivity contribution in [3.05, 3.63) is 94.2 Å². The standard InChI is InChI=1S/C42H47N3O2/c1-24(2)26-18-27(39-44-36-14-10-11-15-42(36,9)47-39)20-29(19-26)46-35-23-34-30(17-25(35)3)31-21-28(40(4,5)6)22-33-37(31)45(34)38-32(41(33,7)8)13-12-16-43-38/h12-13,16-24,36H,10-11,14-15H2,1-9H3/t36-,42-/m0/s1. The van der Waals surface area contributed by atoms with E-state index in [9.17, 15) is 0 Å². The molecule has 3 aromatic carbocycles. The smallest absolute Gasteiger partial charge is 0.217 e. The molecule has 0 N–H and O–H groups in total. The minimum atomic E-state index is -0.201. The first kappa shape index (κ1) is 30.2. The van der Waals surface area contributed by atoms with Crippen molar-refractivity contribution in [2.75, 3.05) is 0 Å². The Balaban J connectivity index is 1.30. The van der Waals surface area contributed by atoms with Crippen LogP contribution in [0.1, 0.15) is 120 Å². The number of aryl methyl sites for hydroxylation is 1. The van der Waals surface area contributed by atoms with Gasteiger partial charge in [0.05, 0.1) is 17.1 Å². The van der Waals surface area contributed by atoms with Crippen LogP contribution in [0.2, 0.25) is 0 Å². The summed E-state index contributed by atoms with van der Waals surface area (Å²) >= 11 is 0. The van der Waals surface area contributed by atoms with Crippen LogP contribution in [0.4, 0.5) is 0 Å². The molecule has 4 heterocycles. The lowest BCUT2D eigenvalue weighted by molar-refractivity contribution is 0.0446. The van der Waals surface area contributed by atoms with Crippen molar-refractivity contribution in [2.24, 2.45) is 4.99 Å². The Morgan fingerprint density at radius 3 is 2.51 bits per heavy atom. The third-order valence-electron chi connectivity index (χ3n) is 11.1. The van der Waals surface area contributed by atoms with E-state index in [1.54, 1.807) is 0 Å². The zero-order valence-electron chi connectivity index (χ0n) is 29.4. The first-order valence-corrected chi connectivity index (χ1v) is 17.4. The maximum absolute atomic E-state index is 6.86. The van der Waals surface area contributed by atoms with Gasteiger partial charge in [-0.25, -0.2) is 9.98 Å². The SMILES string of the molecule is Cc1cc2c3cc(C(C)(C)C)cc4c3n(c2cc1Oc1cc(C2=N[C@H]3CCCC[C@]3(C)O2)cc(C(C)C)c1)-c1ncccc1C4(C)C. The Morgan fingerprint density at radius 2 is 1.77 bits per heavy atom. The number of pyridine rings is 1. The van der Waals surface area contributed by atoms with E-state index in [0.29, 0.717) is 5.92 Å². The van der Waals surface area contributed by atoms with Gasteiger partial charge in [0.15, 0.2) is 0 Å². The molecule has 1 fully saturated rings. The van der Waals surface area contributed by atoms with E-state index in [-0.39, 0.29) is 22.5 Å². The molecular formula is C42H47N3O2. The second-order valence-corrected chi connectivity index (χ2v) is 16.3. The van der Waals surface area contributed by atoms with Crippen LogP contribution in [0.25, 0.3) is 27.6 Å². The van der Waals surface area contributed by atoms with Gasteiger partial charge in [0, 0.05) is 39.6 Å². The average Bonchev–Trinajstić information content (AvgIpc) is 3.54. The number of hydrogen-bond donors (Lipinski definition) is 0. The van der Waals surface area contributed by atoms with Gasteiger partial charge in [-0.1, -0.05) is 67.0 Å². The summed E-state index contributed by atoms with van der Waals surface area (Å²) in [4.78, 5) is 10.1. The predicted molar refractivity (Wildman–Crippen MR) is 193 cm³/mol. The molecule has 1 saturated carbocycles. The summed E-state index contributed by atoms with van der Waals surface area (Å²) < 4.78 is 15.8. The van der Waals surface area contributed by atoms with Gasteiger partial charge < -0.3 is 9.47 Å². The molecule has 2 aromatic heterocycles.